The number of methoxy groups -OCH3 is 1. The largest absolute Gasteiger partial charge is 0.573 e. The highest BCUT2D eigenvalue weighted by Crippen LogP contribution is 2.33. The number of halogens is 4. The van der Waals surface area contributed by atoms with E-state index in [0.29, 0.717) is 10.9 Å². The van der Waals surface area contributed by atoms with Gasteiger partial charge in [-0.2, -0.15) is 0 Å². The molecular formula is C23H20F4N2O6. The maximum Gasteiger partial charge on any atom is 0.573 e. The standard InChI is InChI=1S/C23H20F4N2O6/c1-11(22(32)33)28-20(30)9-15-12(2)29(18-10-17(24)19(34-3)8-16(15)18)21(31)13-4-6-14(7-5-13)35-23(25,26)27/h4-8,10-11H,9H2,1-3H3,(H,28,30)(H,32,33). The van der Waals surface area contributed by atoms with Crippen LogP contribution in [0.25, 0.3) is 10.9 Å². The third kappa shape index (κ3) is 5.53. The molecule has 0 aliphatic carbocycles. The van der Waals surface area contributed by atoms with Gasteiger partial charge in [0, 0.05) is 22.7 Å². The quantitative estimate of drug-likeness (QED) is 0.482. The molecule has 186 valence electrons. The van der Waals surface area contributed by atoms with Crippen LogP contribution >= 0.6 is 0 Å². The summed E-state index contributed by atoms with van der Waals surface area (Å²) in [7, 11) is 1.24. The Labute approximate surface area is 196 Å². The Morgan fingerprint density at radius 1 is 1.14 bits per heavy atom. The van der Waals surface area contributed by atoms with Crippen molar-refractivity contribution in [3.05, 3.63) is 59.0 Å². The van der Waals surface area contributed by atoms with Crippen LogP contribution in [0, 0.1) is 12.7 Å². The van der Waals surface area contributed by atoms with E-state index in [9.17, 15) is 31.9 Å². The molecule has 2 aromatic carbocycles. The summed E-state index contributed by atoms with van der Waals surface area (Å²) < 4.78 is 61.7. The molecule has 0 radical (unpaired) electrons. The van der Waals surface area contributed by atoms with Crippen LogP contribution in [-0.4, -0.2) is 47.0 Å². The number of aromatic nitrogens is 1. The predicted octanol–water partition coefficient (Wildman–Crippen LogP) is 3.82. The molecule has 3 aromatic rings. The van der Waals surface area contributed by atoms with E-state index in [4.69, 9.17) is 9.84 Å². The van der Waals surface area contributed by atoms with Crippen molar-refractivity contribution in [3.8, 4) is 11.5 Å². The van der Waals surface area contributed by atoms with Crippen molar-refractivity contribution in [1.82, 2.24) is 9.88 Å². The minimum atomic E-state index is -4.90. The molecule has 1 amide bonds. The van der Waals surface area contributed by atoms with Gasteiger partial charge in [-0.15, -0.1) is 13.2 Å². The highest BCUT2D eigenvalue weighted by atomic mass is 19.4. The molecule has 0 saturated carbocycles. The third-order valence-electron chi connectivity index (χ3n) is 5.23. The Morgan fingerprint density at radius 3 is 2.31 bits per heavy atom. The second-order valence-electron chi connectivity index (χ2n) is 7.58. The van der Waals surface area contributed by atoms with E-state index in [-0.39, 0.29) is 28.9 Å². The number of carbonyl (C=O) groups excluding carboxylic acids is 2. The average Bonchev–Trinajstić information content (AvgIpc) is 3.02. The number of hydrogen-bond acceptors (Lipinski definition) is 5. The topological polar surface area (TPSA) is 107 Å². The van der Waals surface area contributed by atoms with Crippen molar-refractivity contribution in [2.45, 2.75) is 32.7 Å². The molecule has 0 aliphatic rings. The lowest BCUT2D eigenvalue weighted by Crippen LogP contribution is -2.39. The molecule has 0 saturated heterocycles. The van der Waals surface area contributed by atoms with Crippen molar-refractivity contribution in [2.24, 2.45) is 0 Å². The summed E-state index contributed by atoms with van der Waals surface area (Å²) >= 11 is 0. The van der Waals surface area contributed by atoms with E-state index in [1.54, 1.807) is 0 Å². The number of carboxylic acid groups (broad SMARTS) is 1. The lowest BCUT2D eigenvalue weighted by molar-refractivity contribution is -0.274. The average molecular weight is 496 g/mol. The fraction of sp³-hybridized carbons (Fsp3) is 0.261. The molecule has 1 unspecified atom stereocenters. The fourth-order valence-corrected chi connectivity index (χ4v) is 3.56. The van der Waals surface area contributed by atoms with Gasteiger partial charge in [0.15, 0.2) is 11.6 Å². The summed E-state index contributed by atoms with van der Waals surface area (Å²) in [5.41, 5.74) is 0.645. The molecule has 0 spiro atoms. The molecule has 8 nitrogen and oxygen atoms in total. The summed E-state index contributed by atoms with van der Waals surface area (Å²) in [6.45, 7) is 2.79. The second-order valence-corrected chi connectivity index (χ2v) is 7.58. The van der Waals surface area contributed by atoms with E-state index >= 15 is 0 Å². The molecule has 0 aliphatic heterocycles. The van der Waals surface area contributed by atoms with Crippen molar-refractivity contribution in [2.75, 3.05) is 7.11 Å². The highest BCUT2D eigenvalue weighted by Gasteiger charge is 2.31. The first-order valence-electron chi connectivity index (χ1n) is 10.1. The van der Waals surface area contributed by atoms with Crippen molar-refractivity contribution < 1.29 is 46.5 Å². The van der Waals surface area contributed by atoms with E-state index in [2.05, 4.69) is 10.1 Å². The van der Waals surface area contributed by atoms with Crippen molar-refractivity contribution >= 4 is 28.7 Å². The van der Waals surface area contributed by atoms with Gasteiger partial charge >= 0.3 is 12.3 Å². The molecule has 1 heterocycles. The fourth-order valence-electron chi connectivity index (χ4n) is 3.56. The first-order valence-corrected chi connectivity index (χ1v) is 10.1. The monoisotopic (exact) mass is 496 g/mol. The van der Waals surface area contributed by atoms with Crippen LogP contribution in [0.3, 0.4) is 0 Å². The number of ether oxygens (including phenoxy) is 2. The smallest absolute Gasteiger partial charge is 0.494 e. The minimum absolute atomic E-state index is 0.0220. The Bertz CT molecular complexity index is 1300. The summed E-state index contributed by atoms with van der Waals surface area (Å²) in [5, 5.41) is 11.6. The number of amides is 1. The third-order valence-corrected chi connectivity index (χ3v) is 5.23. The van der Waals surface area contributed by atoms with Gasteiger partial charge in [-0.1, -0.05) is 0 Å². The number of fused-ring (bicyclic) bond motifs is 1. The maximum atomic E-state index is 14.5. The van der Waals surface area contributed by atoms with Gasteiger partial charge in [-0.25, -0.2) is 4.39 Å². The molecule has 2 N–H and O–H groups in total. The van der Waals surface area contributed by atoms with Gasteiger partial charge in [0.05, 0.1) is 19.0 Å². The Morgan fingerprint density at radius 2 is 1.77 bits per heavy atom. The van der Waals surface area contributed by atoms with Gasteiger partial charge in [0.1, 0.15) is 11.8 Å². The lowest BCUT2D eigenvalue weighted by atomic mass is 10.1. The lowest BCUT2D eigenvalue weighted by Gasteiger charge is -2.11. The van der Waals surface area contributed by atoms with E-state index in [1.165, 1.54) is 27.0 Å². The number of nitrogens with zero attached hydrogens (tertiary/aromatic N) is 1. The summed E-state index contributed by atoms with van der Waals surface area (Å²) in [6.07, 6.45) is -5.23. The first-order chi connectivity index (χ1) is 16.3. The number of rotatable bonds is 7. The molecule has 0 fully saturated rings. The van der Waals surface area contributed by atoms with E-state index in [1.807, 2.05) is 0 Å². The highest BCUT2D eigenvalue weighted by molar-refractivity contribution is 6.05. The zero-order valence-electron chi connectivity index (χ0n) is 18.7. The molecule has 35 heavy (non-hydrogen) atoms. The van der Waals surface area contributed by atoms with Gasteiger partial charge in [0.25, 0.3) is 5.91 Å². The summed E-state index contributed by atoms with van der Waals surface area (Å²) in [4.78, 5) is 36.8. The van der Waals surface area contributed by atoms with Crippen LogP contribution in [0.5, 0.6) is 11.5 Å². The number of nitrogens with one attached hydrogen (secondary N) is 1. The number of carboxylic acids is 1. The molecule has 1 atom stereocenters. The van der Waals surface area contributed by atoms with Gasteiger partial charge in [-0.3, -0.25) is 19.0 Å². The van der Waals surface area contributed by atoms with Crippen LogP contribution in [-0.2, 0) is 16.0 Å². The van der Waals surface area contributed by atoms with E-state index in [0.717, 1.165) is 34.9 Å². The molecule has 1 aromatic heterocycles. The zero-order chi connectivity index (χ0) is 26.1. The predicted molar refractivity (Wildman–Crippen MR) is 115 cm³/mol. The maximum absolute atomic E-state index is 14.5. The molecule has 3 rings (SSSR count). The Kier molecular flexibility index (Phi) is 7.04. The normalized spacial score (nSPS) is 12.3. The summed E-state index contributed by atoms with van der Waals surface area (Å²) in [5.74, 6) is -4.03. The number of carbonyl (C=O) groups is 3. The van der Waals surface area contributed by atoms with Gasteiger partial charge in [0.2, 0.25) is 5.91 Å². The SMILES string of the molecule is COc1cc2c(CC(=O)NC(C)C(=O)O)c(C)n(C(=O)c3ccc(OC(F)(F)F)cc3)c2cc1F. The molecule has 0 bridgehead atoms. The molecule has 12 heteroatoms. The number of hydrogen-bond donors (Lipinski definition) is 2. The van der Waals surface area contributed by atoms with Gasteiger partial charge in [-0.05, 0) is 49.7 Å². The van der Waals surface area contributed by atoms with Crippen LogP contribution in [0.15, 0.2) is 36.4 Å². The number of benzene rings is 2. The van der Waals surface area contributed by atoms with Gasteiger partial charge < -0.3 is 19.9 Å². The Balaban J connectivity index is 2.07. The minimum Gasteiger partial charge on any atom is -0.494 e. The first kappa shape index (κ1) is 25.5. The van der Waals surface area contributed by atoms with E-state index < -0.39 is 41.8 Å². The number of alkyl halides is 3. The summed E-state index contributed by atoms with van der Waals surface area (Å²) in [6, 6.07) is 5.36. The van der Waals surface area contributed by atoms with Crippen molar-refractivity contribution in [1.29, 1.82) is 0 Å². The van der Waals surface area contributed by atoms with Crippen LogP contribution in [0.4, 0.5) is 17.6 Å². The second kappa shape index (κ2) is 9.65. The van der Waals surface area contributed by atoms with Crippen LogP contribution in [0.1, 0.15) is 28.5 Å². The Hall–Kier alpha value is -4.09. The van der Waals surface area contributed by atoms with Crippen LogP contribution < -0.4 is 14.8 Å². The zero-order valence-corrected chi connectivity index (χ0v) is 18.7. The molecular weight excluding hydrogens is 476 g/mol. The number of aliphatic carboxylic acids is 1. The van der Waals surface area contributed by atoms with Crippen LogP contribution in [0.2, 0.25) is 0 Å². The van der Waals surface area contributed by atoms with Crippen molar-refractivity contribution in [3.63, 3.8) is 0 Å².